The Kier molecular flexibility index (Phi) is 5.86. The van der Waals surface area contributed by atoms with Crippen molar-refractivity contribution in [2.75, 3.05) is 6.54 Å². The molecule has 0 aliphatic rings. The molecular formula is C18H19FN2O2. The molecule has 0 aliphatic heterocycles. The van der Waals surface area contributed by atoms with Crippen LogP contribution in [0.2, 0.25) is 0 Å². The zero-order chi connectivity index (χ0) is 16.7. The number of halogens is 1. The zero-order valence-electron chi connectivity index (χ0n) is 12.9. The largest absolute Gasteiger partial charge is 0.348 e. The van der Waals surface area contributed by atoms with Crippen LogP contribution in [0.4, 0.5) is 4.39 Å². The molecule has 23 heavy (non-hydrogen) atoms. The molecule has 0 aliphatic carbocycles. The van der Waals surface area contributed by atoms with Gasteiger partial charge in [-0.25, -0.2) is 4.39 Å². The molecule has 2 aromatic carbocycles. The molecule has 2 N–H and O–H groups in total. The lowest BCUT2D eigenvalue weighted by Gasteiger charge is -2.14. The molecule has 0 spiro atoms. The first-order chi connectivity index (χ1) is 11.1. The van der Waals surface area contributed by atoms with Crippen molar-refractivity contribution in [1.29, 1.82) is 0 Å². The molecular weight excluding hydrogens is 295 g/mol. The molecule has 2 amide bonds. The van der Waals surface area contributed by atoms with E-state index in [-0.39, 0.29) is 18.4 Å². The van der Waals surface area contributed by atoms with Gasteiger partial charge in [0.15, 0.2) is 0 Å². The van der Waals surface area contributed by atoms with Gasteiger partial charge in [-0.05, 0) is 30.5 Å². The van der Waals surface area contributed by atoms with E-state index in [0.29, 0.717) is 12.0 Å². The van der Waals surface area contributed by atoms with E-state index in [1.54, 1.807) is 25.1 Å². The Morgan fingerprint density at radius 3 is 2.35 bits per heavy atom. The average Bonchev–Trinajstić information content (AvgIpc) is 2.57. The monoisotopic (exact) mass is 314 g/mol. The van der Waals surface area contributed by atoms with Gasteiger partial charge in [0.25, 0.3) is 0 Å². The van der Waals surface area contributed by atoms with Crippen molar-refractivity contribution in [3.05, 3.63) is 71.5 Å². The summed E-state index contributed by atoms with van der Waals surface area (Å²) < 4.78 is 13.4. The molecule has 0 bridgehead atoms. The standard InChI is InChI=1S/C18H19FN2O2/c1-13(14-7-3-2-4-8-14)21-18(23)17(22)20-12-11-15-9-5-6-10-16(15)19/h2-10,13H,11-12H2,1H3,(H,20,22)(H,21,23)/t13-/m0/s1. The second kappa shape index (κ2) is 8.08. The number of hydrogen-bond donors (Lipinski definition) is 2. The minimum atomic E-state index is -0.718. The number of nitrogens with one attached hydrogen (secondary N) is 2. The van der Waals surface area contributed by atoms with Crippen LogP contribution < -0.4 is 10.6 Å². The molecule has 1 atom stereocenters. The lowest BCUT2D eigenvalue weighted by atomic mass is 10.1. The van der Waals surface area contributed by atoms with Crippen molar-refractivity contribution in [3.8, 4) is 0 Å². The Morgan fingerprint density at radius 1 is 1.00 bits per heavy atom. The lowest BCUT2D eigenvalue weighted by Crippen LogP contribution is -2.41. The normalized spacial score (nSPS) is 11.6. The van der Waals surface area contributed by atoms with Gasteiger partial charge in [-0.15, -0.1) is 0 Å². The van der Waals surface area contributed by atoms with Gasteiger partial charge < -0.3 is 10.6 Å². The molecule has 2 rings (SSSR count). The van der Waals surface area contributed by atoms with Crippen LogP contribution in [0.1, 0.15) is 24.1 Å². The Hall–Kier alpha value is -2.69. The Labute approximate surface area is 134 Å². The highest BCUT2D eigenvalue weighted by atomic mass is 19.1. The molecule has 0 saturated heterocycles. The first-order valence-electron chi connectivity index (χ1n) is 7.45. The van der Waals surface area contributed by atoms with Crippen molar-refractivity contribution in [3.63, 3.8) is 0 Å². The summed E-state index contributed by atoms with van der Waals surface area (Å²) in [6.45, 7) is 2.01. The quantitative estimate of drug-likeness (QED) is 0.832. The van der Waals surface area contributed by atoms with Crippen LogP contribution in [0.25, 0.3) is 0 Å². The van der Waals surface area contributed by atoms with Crippen molar-refractivity contribution in [2.45, 2.75) is 19.4 Å². The minimum absolute atomic E-state index is 0.201. The van der Waals surface area contributed by atoms with Crippen LogP contribution in [0.3, 0.4) is 0 Å². The van der Waals surface area contributed by atoms with E-state index in [2.05, 4.69) is 10.6 Å². The van der Waals surface area contributed by atoms with Crippen molar-refractivity contribution < 1.29 is 14.0 Å². The van der Waals surface area contributed by atoms with Crippen LogP contribution in [-0.2, 0) is 16.0 Å². The summed E-state index contributed by atoms with van der Waals surface area (Å²) in [4.78, 5) is 23.6. The van der Waals surface area contributed by atoms with E-state index >= 15 is 0 Å². The van der Waals surface area contributed by atoms with E-state index < -0.39 is 11.8 Å². The molecule has 120 valence electrons. The van der Waals surface area contributed by atoms with Gasteiger partial charge in [-0.3, -0.25) is 9.59 Å². The summed E-state index contributed by atoms with van der Waals surface area (Å²) in [5, 5.41) is 5.13. The maximum atomic E-state index is 13.4. The van der Waals surface area contributed by atoms with Gasteiger partial charge in [-0.2, -0.15) is 0 Å². The van der Waals surface area contributed by atoms with Gasteiger partial charge in [0.05, 0.1) is 6.04 Å². The molecule has 5 heteroatoms. The van der Waals surface area contributed by atoms with Gasteiger partial charge in [0.2, 0.25) is 0 Å². The molecule has 0 heterocycles. The minimum Gasteiger partial charge on any atom is -0.348 e. The Balaban J connectivity index is 1.79. The summed E-state index contributed by atoms with van der Waals surface area (Å²) in [5.74, 6) is -1.73. The van der Waals surface area contributed by atoms with E-state index in [4.69, 9.17) is 0 Å². The third-order valence-corrected chi connectivity index (χ3v) is 3.49. The second-order valence-corrected chi connectivity index (χ2v) is 5.20. The highest BCUT2D eigenvalue weighted by Gasteiger charge is 2.16. The SMILES string of the molecule is C[C@H](NC(=O)C(=O)NCCc1ccccc1F)c1ccccc1. The second-order valence-electron chi connectivity index (χ2n) is 5.20. The van der Waals surface area contributed by atoms with Crippen LogP contribution in [0.5, 0.6) is 0 Å². The molecule has 0 aromatic heterocycles. The molecule has 0 radical (unpaired) electrons. The van der Waals surface area contributed by atoms with Gasteiger partial charge >= 0.3 is 11.8 Å². The number of hydrogen-bond acceptors (Lipinski definition) is 2. The first-order valence-corrected chi connectivity index (χ1v) is 7.45. The van der Waals surface area contributed by atoms with E-state index in [9.17, 15) is 14.0 Å². The maximum Gasteiger partial charge on any atom is 0.309 e. The summed E-state index contributed by atoms with van der Waals surface area (Å²) in [6.07, 6.45) is 0.333. The third-order valence-electron chi connectivity index (χ3n) is 3.49. The fourth-order valence-electron chi connectivity index (χ4n) is 2.18. The van der Waals surface area contributed by atoms with Gasteiger partial charge in [0, 0.05) is 6.54 Å². The van der Waals surface area contributed by atoms with E-state index in [1.165, 1.54) is 6.07 Å². The number of benzene rings is 2. The molecule has 4 nitrogen and oxygen atoms in total. The number of amides is 2. The highest BCUT2D eigenvalue weighted by molar-refractivity contribution is 6.35. The maximum absolute atomic E-state index is 13.4. The summed E-state index contributed by atoms with van der Waals surface area (Å²) in [6, 6.07) is 15.5. The number of rotatable bonds is 5. The molecule has 2 aromatic rings. The zero-order valence-corrected chi connectivity index (χ0v) is 12.9. The molecule has 0 unspecified atom stereocenters. The van der Waals surface area contributed by atoms with Crippen LogP contribution in [-0.4, -0.2) is 18.4 Å². The smallest absolute Gasteiger partial charge is 0.309 e. The van der Waals surface area contributed by atoms with Gasteiger partial charge in [-0.1, -0.05) is 48.5 Å². The van der Waals surface area contributed by atoms with Crippen LogP contribution >= 0.6 is 0 Å². The summed E-state index contributed by atoms with van der Waals surface area (Å²) in [5.41, 5.74) is 1.42. The predicted molar refractivity (Wildman–Crippen MR) is 86.1 cm³/mol. The molecule has 0 saturated carbocycles. The topological polar surface area (TPSA) is 58.2 Å². The van der Waals surface area contributed by atoms with Crippen molar-refractivity contribution in [2.24, 2.45) is 0 Å². The number of carbonyl (C=O) groups excluding carboxylic acids is 2. The Bertz CT molecular complexity index is 674. The summed E-state index contributed by atoms with van der Waals surface area (Å²) in [7, 11) is 0. The van der Waals surface area contributed by atoms with Gasteiger partial charge in [0.1, 0.15) is 5.82 Å². The van der Waals surface area contributed by atoms with Crippen molar-refractivity contribution in [1.82, 2.24) is 10.6 Å². The van der Waals surface area contributed by atoms with Crippen molar-refractivity contribution >= 4 is 11.8 Å². The predicted octanol–water partition coefficient (Wildman–Crippen LogP) is 2.36. The van der Waals surface area contributed by atoms with Crippen LogP contribution in [0, 0.1) is 5.82 Å². The number of carbonyl (C=O) groups is 2. The first kappa shape index (κ1) is 16.7. The highest BCUT2D eigenvalue weighted by Crippen LogP contribution is 2.10. The lowest BCUT2D eigenvalue weighted by molar-refractivity contribution is -0.139. The summed E-state index contributed by atoms with van der Waals surface area (Å²) >= 11 is 0. The fraction of sp³-hybridized carbons (Fsp3) is 0.222. The van der Waals surface area contributed by atoms with Crippen LogP contribution in [0.15, 0.2) is 54.6 Å². The molecule has 0 fully saturated rings. The van der Waals surface area contributed by atoms with E-state index in [1.807, 2.05) is 30.3 Å². The fourth-order valence-corrected chi connectivity index (χ4v) is 2.18. The van der Waals surface area contributed by atoms with E-state index in [0.717, 1.165) is 5.56 Å². The average molecular weight is 314 g/mol. The Morgan fingerprint density at radius 2 is 1.65 bits per heavy atom. The third kappa shape index (κ3) is 4.92.